The molecule has 0 radical (unpaired) electrons. The molecule has 1 aromatic carbocycles. The number of hydrogen-bond donors (Lipinski definition) is 1. The lowest BCUT2D eigenvalue weighted by Gasteiger charge is -2.20. The molecule has 5 heteroatoms. The SMILES string of the molecule is CC(C)(C)OCCOc1cccc(F)c1C(N)=S. The minimum Gasteiger partial charge on any atom is -0.490 e. The lowest BCUT2D eigenvalue weighted by atomic mass is 10.2. The minimum absolute atomic E-state index is 0.0140. The quantitative estimate of drug-likeness (QED) is 0.660. The summed E-state index contributed by atoms with van der Waals surface area (Å²) < 4.78 is 24.5. The molecule has 0 unspecified atom stereocenters. The van der Waals surface area contributed by atoms with Gasteiger partial charge in [-0.1, -0.05) is 18.3 Å². The first-order valence-electron chi connectivity index (χ1n) is 5.66. The fraction of sp³-hybridized carbons (Fsp3) is 0.462. The Kier molecular flexibility index (Phi) is 5.04. The Hall–Kier alpha value is -1.20. The molecule has 0 spiro atoms. The third-order valence-corrected chi connectivity index (χ3v) is 2.30. The van der Waals surface area contributed by atoms with Crippen molar-refractivity contribution in [2.24, 2.45) is 5.73 Å². The van der Waals surface area contributed by atoms with E-state index in [-0.39, 0.29) is 16.2 Å². The summed E-state index contributed by atoms with van der Waals surface area (Å²) in [5.41, 5.74) is 5.39. The van der Waals surface area contributed by atoms with Crippen molar-refractivity contribution in [2.45, 2.75) is 26.4 Å². The molecule has 0 saturated carbocycles. The van der Waals surface area contributed by atoms with E-state index in [4.69, 9.17) is 27.4 Å². The number of hydrogen-bond acceptors (Lipinski definition) is 3. The number of ether oxygens (including phenoxy) is 2. The topological polar surface area (TPSA) is 44.5 Å². The molecular formula is C13H18FNO2S. The maximum Gasteiger partial charge on any atom is 0.137 e. The van der Waals surface area contributed by atoms with Gasteiger partial charge >= 0.3 is 0 Å². The van der Waals surface area contributed by atoms with Gasteiger partial charge in [-0.25, -0.2) is 4.39 Å². The van der Waals surface area contributed by atoms with Gasteiger partial charge in [0, 0.05) is 0 Å². The van der Waals surface area contributed by atoms with Crippen molar-refractivity contribution in [1.82, 2.24) is 0 Å². The Morgan fingerprint density at radius 1 is 1.33 bits per heavy atom. The second-order valence-electron chi connectivity index (χ2n) is 4.79. The molecule has 2 N–H and O–H groups in total. The third kappa shape index (κ3) is 4.58. The van der Waals surface area contributed by atoms with Gasteiger partial charge in [-0.05, 0) is 32.9 Å². The maximum atomic E-state index is 13.5. The van der Waals surface area contributed by atoms with Crippen molar-refractivity contribution in [3.05, 3.63) is 29.6 Å². The van der Waals surface area contributed by atoms with Gasteiger partial charge in [0.25, 0.3) is 0 Å². The summed E-state index contributed by atoms with van der Waals surface area (Å²) in [6.45, 7) is 6.59. The van der Waals surface area contributed by atoms with Crippen LogP contribution in [-0.2, 0) is 4.74 Å². The van der Waals surface area contributed by atoms with E-state index in [0.29, 0.717) is 19.0 Å². The Morgan fingerprint density at radius 2 is 2.00 bits per heavy atom. The van der Waals surface area contributed by atoms with Crippen molar-refractivity contribution in [1.29, 1.82) is 0 Å². The predicted molar refractivity (Wildman–Crippen MR) is 73.5 cm³/mol. The van der Waals surface area contributed by atoms with E-state index in [1.165, 1.54) is 6.07 Å². The normalized spacial score (nSPS) is 11.3. The van der Waals surface area contributed by atoms with Gasteiger partial charge in [-0.3, -0.25) is 0 Å². The molecule has 18 heavy (non-hydrogen) atoms. The molecule has 0 bridgehead atoms. The van der Waals surface area contributed by atoms with E-state index in [1.807, 2.05) is 20.8 Å². The van der Waals surface area contributed by atoms with Crippen LogP contribution >= 0.6 is 12.2 Å². The fourth-order valence-electron chi connectivity index (χ4n) is 1.36. The summed E-state index contributed by atoms with van der Waals surface area (Å²) in [5.74, 6) is -0.128. The van der Waals surface area contributed by atoms with Crippen LogP contribution in [0, 0.1) is 5.82 Å². The Balaban J connectivity index is 2.63. The van der Waals surface area contributed by atoms with E-state index in [0.717, 1.165) is 0 Å². The van der Waals surface area contributed by atoms with Crippen molar-refractivity contribution in [3.63, 3.8) is 0 Å². The lowest BCUT2D eigenvalue weighted by Crippen LogP contribution is -2.23. The Morgan fingerprint density at radius 3 is 2.56 bits per heavy atom. The molecule has 1 aromatic rings. The van der Waals surface area contributed by atoms with E-state index < -0.39 is 5.82 Å². The molecule has 1 rings (SSSR count). The summed E-state index contributed by atoms with van der Waals surface area (Å²) in [4.78, 5) is -0.0140. The van der Waals surface area contributed by atoms with Crippen LogP contribution in [0.5, 0.6) is 5.75 Å². The summed E-state index contributed by atoms with van der Waals surface area (Å²) in [6, 6.07) is 4.48. The number of halogens is 1. The van der Waals surface area contributed by atoms with Gasteiger partial charge < -0.3 is 15.2 Å². The molecule has 0 aliphatic heterocycles. The molecule has 0 aliphatic carbocycles. The first-order valence-corrected chi connectivity index (χ1v) is 6.07. The molecule has 0 atom stereocenters. The Labute approximate surface area is 112 Å². The third-order valence-electron chi connectivity index (χ3n) is 2.10. The first-order chi connectivity index (χ1) is 8.31. The zero-order valence-electron chi connectivity index (χ0n) is 10.8. The van der Waals surface area contributed by atoms with Crippen LogP contribution in [0.3, 0.4) is 0 Å². The highest BCUT2D eigenvalue weighted by atomic mass is 32.1. The van der Waals surface area contributed by atoms with Crippen molar-refractivity contribution >= 4 is 17.2 Å². The van der Waals surface area contributed by atoms with Crippen molar-refractivity contribution < 1.29 is 13.9 Å². The van der Waals surface area contributed by atoms with E-state index >= 15 is 0 Å². The number of nitrogens with two attached hydrogens (primary N) is 1. The molecule has 0 amide bonds. The van der Waals surface area contributed by atoms with Crippen molar-refractivity contribution in [2.75, 3.05) is 13.2 Å². The van der Waals surface area contributed by atoms with Gasteiger partial charge in [0.15, 0.2) is 0 Å². The smallest absolute Gasteiger partial charge is 0.137 e. The number of thiocarbonyl (C=S) groups is 1. The minimum atomic E-state index is -0.475. The van der Waals surface area contributed by atoms with Crippen LogP contribution < -0.4 is 10.5 Å². The highest BCUT2D eigenvalue weighted by Gasteiger charge is 2.13. The van der Waals surface area contributed by atoms with E-state index in [1.54, 1.807) is 12.1 Å². The molecular weight excluding hydrogens is 253 g/mol. The summed E-state index contributed by atoms with van der Waals surface area (Å²) >= 11 is 4.80. The standard InChI is InChI=1S/C13H18FNO2S/c1-13(2,3)17-8-7-16-10-6-4-5-9(14)11(10)12(15)18/h4-6H,7-8H2,1-3H3,(H2,15,18). The largest absolute Gasteiger partial charge is 0.490 e. The van der Waals surface area contributed by atoms with Crippen LogP contribution in [0.25, 0.3) is 0 Å². The number of benzene rings is 1. The average Bonchev–Trinajstić information content (AvgIpc) is 2.22. The lowest BCUT2D eigenvalue weighted by molar-refractivity contribution is -0.0163. The zero-order chi connectivity index (χ0) is 13.8. The molecule has 0 saturated heterocycles. The molecule has 0 heterocycles. The maximum absolute atomic E-state index is 13.5. The summed E-state index contributed by atoms with van der Waals surface area (Å²) in [7, 11) is 0. The highest BCUT2D eigenvalue weighted by Crippen LogP contribution is 2.21. The van der Waals surface area contributed by atoms with Crippen LogP contribution in [0.15, 0.2) is 18.2 Å². The van der Waals surface area contributed by atoms with E-state index in [2.05, 4.69) is 0 Å². The molecule has 0 aliphatic rings. The predicted octanol–water partition coefficient (Wildman–Crippen LogP) is 2.65. The van der Waals surface area contributed by atoms with Crippen LogP contribution in [0.1, 0.15) is 26.3 Å². The monoisotopic (exact) mass is 271 g/mol. The summed E-state index contributed by atoms with van der Waals surface area (Å²) in [5, 5.41) is 0. The van der Waals surface area contributed by atoms with Crippen LogP contribution in [0.2, 0.25) is 0 Å². The van der Waals surface area contributed by atoms with Gasteiger partial charge in [-0.15, -0.1) is 0 Å². The number of rotatable bonds is 5. The highest BCUT2D eigenvalue weighted by molar-refractivity contribution is 7.80. The van der Waals surface area contributed by atoms with Crippen LogP contribution in [-0.4, -0.2) is 23.8 Å². The zero-order valence-corrected chi connectivity index (χ0v) is 11.6. The van der Waals surface area contributed by atoms with Gasteiger partial charge in [0.2, 0.25) is 0 Å². The molecule has 100 valence electrons. The van der Waals surface area contributed by atoms with E-state index in [9.17, 15) is 4.39 Å². The molecule has 0 aromatic heterocycles. The van der Waals surface area contributed by atoms with Crippen LogP contribution in [0.4, 0.5) is 4.39 Å². The van der Waals surface area contributed by atoms with Gasteiger partial charge in [-0.2, -0.15) is 0 Å². The van der Waals surface area contributed by atoms with Gasteiger partial charge in [0.1, 0.15) is 23.2 Å². The second kappa shape index (κ2) is 6.11. The first kappa shape index (κ1) is 14.9. The fourth-order valence-corrected chi connectivity index (χ4v) is 1.56. The average molecular weight is 271 g/mol. The molecule has 3 nitrogen and oxygen atoms in total. The summed E-state index contributed by atoms with van der Waals surface area (Å²) in [6.07, 6.45) is 0. The van der Waals surface area contributed by atoms with Crippen molar-refractivity contribution in [3.8, 4) is 5.75 Å². The van der Waals surface area contributed by atoms with Gasteiger partial charge in [0.05, 0.1) is 17.8 Å². The molecule has 0 fully saturated rings. The Bertz CT molecular complexity index is 429. The second-order valence-corrected chi connectivity index (χ2v) is 5.23.